The van der Waals surface area contributed by atoms with Gasteiger partial charge in [0, 0.05) is 38.8 Å². The molecule has 2 rings (SSSR count). The molecule has 21 heavy (non-hydrogen) atoms. The molecule has 0 spiro atoms. The van der Waals surface area contributed by atoms with E-state index in [2.05, 4.69) is 43.9 Å². The molecule has 1 aliphatic rings. The van der Waals surface area contributed by atoms with E-state index in [9.17, 15) is 4.79 Å². The summed E-state index contributed by atoms with van der Waals surface area (Å²) in [5.74, 6) is 0.240. The number of carbonyl (C=O) groups excluding carboxylic acids is 1. The van der Waals surface area contributed by atoms with Crippen LogP contribution in [0.3, 0.4) is 0 Å². The Morgan fingerprint density at radius 3 is 2.52 bits per heavy atom. The van der Waals surface area contributed by atoms with E-state index in [-0.39, 0.29) is 5.91 Å². The predicted octanol–water partition coefficient (Wildman–Crippen LogP) is 1.34. The molecular weight excluding hydrogens is 262 g/mol. The third-order valence-corrected chi connectivity index (χ3v) is 4.48. The van der Waals surface area contributed by atoms with Crippen molar-refractivity contribution in [1.29, 1.82) is 0 Å². The summed E-state index contributed by atoms with van der Waals surface area (Å²) in [6.45, 7) is 10.4. The maximum absolute atomic E-state index is 12.5. The molecule has 1 atom stereocenters. The van der Waals surface area contributed by atoms with E-state index < -0.39 is 0 Å². The van der Waals surface area contributed by atoms with E-state index >= 15 is 0 Å². The Bertz CT molecular complexity index is 493. The minimum absolute atomic E-state index is 0.240. The molecule has 116 valence electrons. The molecular formula is C17H27N3O. The van der Waals surface area contributed by atoms with Crippen LogP contribution in [-0.4, -0.2) is 54.5 Å². The van der Waals surface area contributed by atoms with E-state index in [1.807, 2.05) is 4.90 Å². The fourth-order valence-corrected chi connectivity index (χ4v) is 2.83. The van der Waals surface area contributed by atoms with Gasteiger partial charge in [-0.05, 0) is 31.9 Å². The Kier molecular flexibility index (Phi) is 5.37. The van der Waals surface area contributed by atoms with Gasteiger partial charge in [0.25, 0.3) is 0 Å². The summed E-state index contributed by atoms with van der Waals surface area (Å²) < 4.78 is 0. The first-order valence-electron chi connectivity index (χ1n) is 7.79. The van der Waals surface area contributed by atoms with Gasteiger partial charge in [0.05, 0.1) is 6.42 Å². The number of nitrogens with zero attached hydrogens (tertiary/aromatic N) is 2. The molecule has 0 radical (unpaired) electrons. The number of benzene rings is 1. The third kappa shape index (κ3) is 4.05. The highest BCUT2D eigenvalue weighted by atomic mass is 16.2. The van der Waals surface area contributed by atoms with Crippen molar-refractivity contribution in [2.24, 2.45) is 5.73 Å². The smallest absolute Gasteiger partial charge is 0.227 e. The number of hydrogen-bond acceptors (Lipinski definition) is 3. The van der Waals surface area contributed by atoms with E-state index in [4.69, 9.17) is 5.73 Å². The van der Waals surface area contributed by atoms with Crippen LogP contribution in [0.2, 0.25) is 0 Å². The lowest BCUT2D eigenvalue weighted by Gasteiger charge is -2.37. The monoisotopic (exact) mass is 289 g/mol. The van der Waals surface area contributed by atoms with Gasteiger partial charge in [0.2, 0.25) is 5.91 Å². The Hall–Kier alpha value is -1.39. The van der Waals surface area contributed by atoms with Gasteiger partial charge in [0.1, 0.15) is 0 Å². The second-order valence-corrected chi connectivity index (χ2v) is 6.11. The van der Waals surface area contributed by atoms with E-state index in [1.165, 1.54) is 11.1 Å². The van der Waals surface area contributed by atoms with E-state index in [0.29, 0.717) is 19.0 Å². The number of aryl methyl sites for hydroxylation is 2. The van der Waals surface area contributed by atoms with Gasteiger partial charge in [-0.2, -0.15) is 0 Å². The molecule has 4 heteroatoms. The minimum atomic E-state index is 0.240. The summed E-state index contributed by atoms with van der Waals surface area (Å²) in [6.07, 6.45) is 0.514. The number of nitrogens with two attached hydrogens (primary N) is 1. The second kappa shape index (κ2) is 7.05. The van der Waals surface area contributed by atoms with Crippen LogP contribution in [0.15, 0.2) is 18.2 Å². The maximum Gasteiger partial charge on any atom is 0.227 e. The zero-order valence-corrected chi connectivity index (χ0v) is 13.4. The van der Waals surface area contributed by atoms with Gasteiger partial charge in [-0.25, -0.2) is 0 Å². The second-order valence-electron chi connectivity index (χ2n) is 6.11. The van der Waals surface area contributed by atoms with Gasteiger partial charge in [-0.1, -0.05) is 23.8 Å². The zero-order valence-electron chi connectivity index (χ0n) is 13.4. The SMILES string of the molecule is Cc1ccc(C)c(CC(=O)N2CCN(C(C)CN)CC2)c1. The summed E-state index contributed by atoms with van der Waals surface area (Å²) in [7, 11) is 0. The van der Waals surface area contributed by atoms with Crippen molar-refractivity contribution < 1.29 is 4.79 Å². The van der Waals surface area contributed by atoms with Crippen LogP contribution in [0.4, 0.5) is 0 Å². The van der Waals surface area contributed by atoms with Crippen molar-refractivity contribution in [2.75, 3.05) is 32.7 Å². The van der Waals surface area contributed by atoms with Gasteiger partial charge in [-0.3, -0.25) is 9.69 Å². The summed E-state index contributed by atoms with van der Waals surface area (Å²) in [6, 6.07) is 6.72. The highest BCUT2D eigenvalue weighted by Gasteiger charge is 2.23. The van der Waals surface area contributed by atoms with Crippen molar-refractivity contribution >= 4 is 5.91 Å². The predicted molar refractivity (Wildman–Crippen MR) is 86.3 cm³/mol. The van der Waals surface area contributed by atoms with Crippen LogP contribution in [0, 0.1) is 13.8 Å². The van der Waals surface area contributed by atoms with Gasteiger partial charge in [-0.15, -0.1) is 0 Å². The van der Waals surface area contributed by atoms with Gasteiger partial charge >= 0.3 is 0 Å². The summed E-state index contributed by atoms with van der Waals surface area (Å²) in [5, 5.41) is 0. The molecule has 1 aromatic carbocycles. The van der Waals surface area contributed by atoms with Crippen LogP contribution in [0.5, 0.6) is 0 Å². The molecule has 1 unspecified atom stereocenters. The van der Waals surface area contributed by atoms with Crippen molar-refractivity contribution in [3.63, 3.8) is 0 Å². The molecule has 4 nitrogen and oxygen atoms in total. The molecule has 0 aromatic heterocycles. The fourth-order valence-electron chi connectivity index (χ4n) is 2.83. The minimum Gasteiger partial charge on any atom is -0.340 e. The summed E-state index contributed by atoms with van der Waals surface area (Å²) in [5.41, 5.74) is 9.27. The molecule has 1 heterocycles. The van der Waals surface area contributed by atoms with E-state index in [1.54, 1.807) is 0 Å². The highest BCUT2D eigenvalue weighted by Crippen LogP contribution is 2.14. The topological polar surface area (TPSA) is 49.6 Å². The quantitative estimate of drug-likeness (QED) is 0.910. The lowest BCUT2D eigenvalue weighted by Crippen LogP contribution is -2.53. The highest BCUT2D eigenvalue weighted by molar-refractivity contribution is 5.79. The Morgan fingerprint density at radius 1 is 1.24 bits per heavy atom. The Labute approximate surface area is 127 Å². The largest absolute Gasteiger partial charge is 0.340 e. The number of carbonyl (C=O) groups is 1. The van der Waals surface area contributed by atoms with E-state index in [0.717, 1.165) is 31.7 Å². The van der Waals surface area contributed by atoms with Crippen molar-refractivity contribution in [3.05, 3.63) is 34.9 Å². The molecule has 1 aromatic rings. The zero-order chi connectivity index (χ0) is 15.4. The maximum atomic E-state index is 12.5. The summed E-state index contributed by atoms with van der Waals surface area (Å²) >= 11 is 0. The molecule has 1 fully saturated rings. The first-order valence-corrected chi connectivity index (χ1v) is 7.79. The first-order chi connectivity index (χ1) is 10.0. The lowest BCUT2D eigenvalue weighted by molar-refractivity contribution is -0.132. The number of piperazine rings is 1. The first kappa shape index (κ1) is 16.0. The average molecular weight is 289 g/mol. The van der Waals surface area contributed by atoms with Crippen LogP contribution in [0.25, 0.3) is 0 Å². The number of rotatable bonds is 4. The molecule has 0 saturated carbocycles. The summed E-state index contributed by atoms with van der Waals surface area (Å²) in [4.78, 5) is 16.8. The van der Waals surface area contributed by atoms with Gasteiger partial charge < -0.3 is 10.6 Å². The molecule has 0 aliphatic carbocycles. The van der Waals surface area contributed by atoms with Crippen LogP contribution < -0.4 is 5.73 Å². The molecule has 1 amide bonds. The Balaban J connectivity index is 1.92. The normalized spacial score (nSPS) is 17.8. The van der Waals surface area contributed by atoms with Crippen LogP contribution in [0.1, 0.15) is 23.6 Å². The number of amides is 1. The van der Waals surface area contributed by atoms with Crippen LogP contribution >= 0.6 is 0 Å². The fraction of sp³-hybridized carbons (Fsp3) is 0.588. The average Bonchev–Trinajstić information content (AvgIpc) is 2.50. The van der Waals surface area contributed by atoms with Gasteiger partial charge in [0.15, 0.2) is 0 Å². The standard InChI is InChI=1S/C17H27N3O/c1-13-4-5-14(2)16(10-13)11-17(21)20-8-6-19(7-9-20)15(3)12-18/h4-5,10,15H,6-9,11-12,18H2,1-3H3. The Morgan fingerprint density at radius 2 is 1.90 bits per heavy atom. The molecule has 2 N–H and O–H groups in total. The van der Waals surface area contributed by atoms with Crippen molar-refractivity contribution in [3.8, 4) is 0 Å². The molecule has 1 saturated heterocycles. The van der Waals surface area contributed by atoms with Crippen LogP contribution in [-0.2, 0) is 11.2 Å². The number of hydrogen-bond donors (Lipinski definition) is 1. The third-order valence-electron chi connectivity index (χ3n) is 4.48. The molecule has 0 bridgehead atoms. The van der Waals surface area contributed by atoms with Crippen molar-refractivity contribution in [2.45, 2.75) is 33.2 Å². The molecule has 1 aliphatic heterocycles. The lowest BCUT2D eigenvalue weighted by atomic mass is 10.0. The van der Waals surface area contributed by atoms with Crippen molar-refractivity contribution in [1.82, 2.24) is 9.80 Å².